The standard InChI is InChI=1S/C11H20O5/c1-9(11(12)16-8-14-4)5-6-10(2)15-7-13-3/h5-6,9-10H,7-8H2,1-4H3/b6-5+. The van der Waals surface area contributed by atoms with E-state index >= 15 is 0 Å². The third-order valence-corrected chi connectivity index (χ3v) is 1.81. The molecule has 2 atom stereocenters. The van der Waals surface area contributed by atoms with Crippen molar-refractivity contribution >= 4 is 5.97 Å². The lowest BCUT2D eigenvalue weighted by Gasteiger charge is -2.09. The molecule has 0 N–H and O–H groups in total. The summed E-state index contributed by atoms with van der Waals surface area (Å²) in [6, 6.07) is 0. The van der Waals surface area contributed by atoms with Crippen LogP contribution >= 0.6 is 0 Å². The normalized spacial score (nSPS) is 15.0. The summed E-state index contributed by atoms with van der Waals surface area (Å²) in [7, 11) is 3.02. The molecule has 0 aliphatic rings. The Bertz CT molecular complexity index is 214. The molecule has 2 unspecified atom stereocenters. The second kappa shape index (κ2) is 9.33. The first-order valence-electron chi connectivity index (χ1n) is 5.06. The summed E-state index contributed by atoms with van der Waals surface area (Å²) in [5.74, 6) is -0.638. The van der Waals surface area contributed by atoms with Crippen molar-refractivity contribution in [3.63, 3.8) is 0 Å². The quantitative estimate of drug-likeness (QED) is 0.359. The smallest absolute Gasteiger partial charge is 0.314 e. The molecule has 0 aromatic heterocycles. The van der Waals surface area contributed by atoms with E-state index in [2.05, 4.69) is 4.74 Å². The molecular weight excluding hydrogens is 212 g/mol. The fourth-order valence-corrected chi connectivity index (χ4v) is 0.881. The Labute approximate surface area is 96.3 Å². The highest BCUT2D eigenvalue weighted by Gasteiger charge is 2.10. The van der Waals surface area contributed by atoms with Gasteiger partial charge in [-0.1, -0.05) is 12.2 Å². The van der Waals surface area contributed by atoms with E-state index in [0.29, 0.717) is 0 Å². The summed E-state index contributed by atoms with van der Waals surface area (Å²) in [5, 5.41) is 0. The predicted octanol–water partition coefficient (Wildman–Crippen LogP) is 1.33. The van der Waals surface area contributed by atoms with Gasteiger partial charge in [0.15, 0.2) is 6.79 Å². The van der Waals surface area contributed by atoms with Crippen LogP contribution in [-0.2, 0) is 23.7 Å². The fourth-order valence-electron chi connectivity index (χ4n) is 0.881. The zero-order valence-electron chi connectivity index (χ0n) is 10.3. The van der Waals surface area contributed by atoms with Crippen LogP contribution in [0.25, 0.3) is 0 Å². The number of methoxy groups -OCH3 is 2. The number of ether oxygens (including phenoxy) is 4. The summed E-state index contributed by atoms with van der Waals surface area (Å²) in [5.41, 5.74) is 0. The van der Waals surface area contributed by atoms with Crippen molar-refractivity contribution in [2.24, 2.45) is 5.92 Å². The van der Waals surface area contributed by atoms with E-state index in [9.17, 15) is 4.79 Å². The number of hydrogen-bond donors (Lipinski definition) is 0. The molecule has 0 rings (SSSR count). The maximum Gasteiger partial charge on any atom is 0.314 e. The number of carbonyl (C=O) groups is 1. The molecule has 0 spiro atoms. The molecule has 94 valence electrons. The van der Waals surface area contributed by atoms with Gasteiger partial charge in [0.2, 0.25) is 0 Å². The first kappa shape index (κ1) is 15.1. The SMILES string of the molecule is COCOC(=O)C(C)/C=C/C(C)OCOC. The molecule has 0 aliphatic carbocycles. The summed E-state index contributed by atoms with van der Waals surface area (Å²) in [6.45, 7) is 3.82. The molecular formula is C11H20O5. The largest absolute Gasteiger partial charge is 0.438 e. The minimum absolute atomic E-state index is 0.0211. The summed E-state index contributed by atoms with van der Waals surface area (Å²) < 4.78 is 19.4. The maximum atomic E-state index is 11.3. The number of esters is 1. The molecule has 0 heterocycles. The van der Waals surface area contributed by atoms with Gasteiger partial charge in [-0.05, 0) is 13.8 Å². The maximum absolute atomic E-state index is 11.3. The average Bonchev–Trinajstić information content (AvgIpc) is 2.30. The van der Waals surface area contributed by atoms with Crippen LogP contribution < -0.4 is 0 Å². The van der Waals surface area contributed by atoms with E-state index in [1.54, 1.807) is 26.2 Å². The van der Waals surface area contributed by atoms with Gasteiger partial charge in [0.25, 0.3) is 0 Å². The topological polar surface area (TPSA) is 54.0 Å². The van der Waals surface area contributed by atoms with Crippen LogP contribution in [0.1, 0.15) is 13.8 Å². The first-order chi connectivity index (χ1) is 7.61. The molecule has 5 heteroatoms. The van der Waals surface area contributed by atoms with Gasteiger partial charge in [0.1, 0.15) is 6.79 Å². The Kier molecular flexibility index (Phi) is 8.80. The third kappa shape index (κ3) is 7.39. The molecule has 0 saturated heterocycles. The number of carbonyl (C=O) groups excluding carboxylic acids is 1. The van der Waals surface area contributed by atoms with Crippen molar-refractivity contribution in [2.45, 2.75) is 20.0 Å². The highest BCUT2D eigenvalue weighted by molar-refractivity contribution is 5.73. The highest BCUT2D eigenvalue weighted by atomic mass is 16.7. The summed E-state index contributed by atoms with van der Waals surface area (Å²) in [6.07, 6.45) is 3.42. The van der Waals surface area contributed by atoms with Crippen molar-refractivity contribution in [1.82, 2.24) is 0 Å². The van der Waals surface area contributed by atoms with Gasteiger partial charge in [-0.25, -0.2) is 0 Å². The van der Waals surface area contributed by atoms with Crippen molar-refractivity contribution in [2.75, 3.05) is 27.8 Å². The number of hydrogen-bond acceptors (Lipinski definition) is 5. The van der Waals surface area contributed by atoms with Crippen LogP contribution in [0.3, 0.4) is 0 Å². The Morgan fingerprint density at radius 2 is 1.75 bits per heavy atom. The van der Waals surface area contributed by atoms with Crippen molar-refractivity contribution in [3.05, 3.63) is 12.2 Å². The Morgan fingerprint density at radius 3 is 2.31 bits per heavy atom. The third-order valence-electron chi connectivity index (χ3n) is 1.81. The first-order valence-corrected chi connectivity index (χ1v) is 5.06. The fraction of sp³-hybridized carbons (Fsp3) is 0.727. The molecule has 0 fully saturated rings. The van der Waals surface area contributed by atoms with E-state index < -0.39 is 0 Å². The monoisotopic (exact) mass is 232 g/mol. The molecule has 0 radical (unpaired) electrons. The second-order valence-corrected chi connectivity index (χ2v) is 3.32. The van der Waals surface area contributed by atoms with Crippen LogP contribution in [0.2, 0.25) is 0 Å². The summed E-state index contributed by atoms with van der Waals surface area (Å²) >= 11 is 0. The second-order valence-electron chi connectivity index (χ2n) is 3.32. The predicted molar refractivity (Wildman–Crippen MR) is 58.7 cm³/mol. The van der Waals surface area contributed by atoms with Crippen molar-refractivity contribution in [3.8, 4) is 0 Å². The van der Waals surface area contributed by atoms with E-state index in [1.807, 2.05) is 6.92 Å². The van der Waals surface area contributed by atoms with Crippen LogP contribution in [0.15, 0.2) is 12.2 Å². The minimum atomic E-state index is -0.322. The zero-order valence-corrected chi connectivity index (χ0v) is 10.3. The summed E-state index contributed by atoms with van der Waals surface area (Å²) in [4.78, 5) is 11.3. The van der Waals surface area contributed by atoms with Crippen LogP contribution in [-0.4, -0.2) is 39.9 Å². The van der Waals surface area contributed by atoms with Crippen LogP contribution in [0.4, 0.5) is 0 Å². The van der Waals surface area contributed by atoms with Gasteiger partial charge < -0.3 is 18.9 Å². The van der Waals surface area contributed by atoms with E-state index in [1.165, 1.54) is 7.11 Å². The Balaban J connectivity index is 3.87. The van der Waals surface area contributed by atoms with Gasteiger partial charge in [-0.15, -0.1) is 0 Å². The van der Waals surface area contributed by atoms with Crippen LogP contribution in [0.5, 0.6) is 0 Å². The molecule has 5 nitrogen and oxygen atoms in total. The lowest BCUT2D eigenvalue weighted by molar-refractivity contribution is -0.156. The van der Waals surface area contributed by atoms with Crippen molar-refractivity contribution in [1.29, 1.82) is 0 Å². The highest BCUT2D eigenvalue weighted by Crippen LogP contribution is 2.03. The molecule has 0 aliphatic heterocycles. The lowest BCUT2D eigenvalue weighted by Crippen LogP contribution is -2.15. The molecule has 0 saturated carbocycles. The minimum Gasteiger partial charge on any atom is -0.438 e. The van der Waals surface area contributed by atoms with E-state index in [0.717, 1.165) is 0 Å². The zero-order chi connectivity index (χ0) is 12.4. The van der Waals surface area contributed by atoms with Gasteiger partial charge in [0.05, 0.1) is 12.0 Å². The Hall–Kier alpha value is -0.910. The Morgan fingerprint density at radius 1 is 1.12 bits per heavy atom. The lowest BCUT2D eigenvalue weighted by atomic mass is 10.1. The molecule has 0 bridgehead atoms. The van der Waals surface area contributed by atoms with Gasteiger partial charge in [-0.3, -0.25) is 4.79 Å². The van der Waals surface area contributed by atoms with E-state index in [-0.39, 0.29) is 31.6 Å². The number of rotatable bonds is 8. The average molecular weight is 232 g/mol. The van der Waals surface area contributed by atoms with Crippen molar-refractivity contribution < 1.29 is 23.7 Å². The van der Waals surface area contributed by atoms with Crippen LogP contribution in [0, 0.1) is 5.92 Å². The van der Waals surface area contributed by atoms with Gasteiger partial charge in [-0.2, -0.15) is 0 Å². The van der Waals surface area contributed by atoms with Gasteiger partial charge >= 0.3 is 5.97 Å². The molecule has 0 aromatic carbocycles. The molecule has 0 aromatic rings. The molecule has 0 amide bonds. The van der Waals surface area contributed by atoms with E-state index in [4.69, 9.17) is 14.2 Å². The molecule has 16 heavy (non-hydrogen) atoms. The van der Waals surface area contributed by atoms with Gasteiger partial charge in [0, 0.05) is 14.2 Å².